The molecule has 0 aromatic carbocycles. The predicted octanol–water partition coefficient (Wildman–Crippen LogP) is 4.02. The molecule has 4 aliphatic rings. The molecule has 7 heteroatoms. The van der Waals surface area contributed by atoms with Gasteiger partial charge in [-0.15, -0.1) is 0 Å². The van der Waals surface area contributed by atoms with Crippen LogP contribution >= 0.6 is 0 Å². The normalized spacial score (nSPS) is 32.3. The van der Waals surface area contributed by atoms with E-state index in [1.807, 2.05) is 0 Å². The maximum absolute atomic E-state index is 13.0. The fourth-order valence-corrected chi connectivity index (χ4v) is 4.21. The van der Waals surface area contributed by atoms with E-state index in [9.17, 15) is 18.0 Å². The van der Waals surface area contributed by atoms with Crippen LogP contribution in [0, 0.1) is 5.41 Å². The van der Waals surface area contributed by atoms with Crippen LogP contribution in [0.5, 0.6) is 0 Å². The number of carboxylic acids is 1. The summed E-state index contributed by atoms with van der Waals surface area (Å²) in [6, 6.07) is 0. The highest BCUT2D eigenvalue weighted by Gasteiger charge is 2.51. The molecule has 2 aliphatic heterocycles. The molecule has 2 saturated heterocycles. The summed E-state index contributed by atoms with van der Waals surface area (Å²) in [5, 5.41) is 8.60. The van der Waals surface area contributed by atoms with Crippen molar-refractivity contribution >= 4 is 5.97 Å². The Morgan fingerprint density at radius 1 is 1.28 bits per heavy atom. The van der Waals surface area contributed by atoms with Gasteiger partial charge in [-0.05, 0) is 62.0 Å². The molecule has 0 amide bonds. The van der Waals surface area contributed by atoms with E-state index in [0.717, 1.165) is 37.7 Å². The molecular weight excluding hydrogens is 337 g/mol. The Morgan fingerprint density at radius 2 is 2.00 bits per heavy atom. The van der Waals surface area contributed by atoms with Crippen molar-refractivity contribution < 1.29 is 32.5 Å². The number of rotatable bonds is 6. The number of aliphatic carboxylic acids is 1. The van der Waals surface area contributed by atoms with Gasteiger partial charge in [0.1, 0.15) is 6.61 Å². The predicted molar refractivity (Wildman–Crippen MR) is 84.1 cm³/mol. The number of hydrogen-bond donors (Lipinski definition) is 1. The Bertz CT molecular complexity index is 567. The van der Waals surface area contributed by atoms with Crippen LogP contribution in [0.25, 0.3) is 0 Å². The highest BCUT2D eigenvalue weighted by atomic mass is 19.4. The lowest BCUT2D eigenvalue weighted by atomic mass is 9.62. The summed E-state index contributed by atoms with van der Waals surface area (Å²) in [6.07, 6.45) is 3.20. The Morgan fingerprint density at radius 3 is 2.56 bits per heavy atom. The highest BCUT2D eigenvalue weighted by molar-refractivity contribution is 5.67. The SMILES string of the molecule is O=C(O)COCCC12CCC(C3=CC(C(F)(F)F)=CCC3)(CC1)OC2. The van der Waals surface area contributed by atoms with Crippen LogP contribution in [0.4, 0.5) is 13.2 Å². The van der Waals surface area contributed by atoms with Gasteiger partial charge in [-0.2, -0.15) is 13.2 Å². The largest absolute Gasteiger partial charge is 0.480 e. The van der Waals surface area contributed by atoms with Gasteiger partial charge in [0.15, 0.2) is 0 Å². The molecule has 0 radical (unpaired) electrons. The molecule has 0 atom stereocenters. The van der Waals surface area contributed by atoms with Crippen molar-refractivity contribution in [3.63, 3.8) is 0 Å². The van der Waals surface area contributed by atoms with Crippen molar-refractivity contribution in [3.8, 4) is 0 Å². The highest BCUT2D eigenvalue weighted by Crippen LogP contribution is 2.54. The van der Waals surface area contributed by atoms with Crippen LogP contribution in [0.3, 0.4) is 0 Å². The van der Waals surface area contributed by atoms with Gasteiger partial charge >= 0.3 is 12.1 Å². The lowest BCUT2D eigenvalue weighted by Crippen LogP contribution is -2.52. The van der Waals surface area contributed by atoms with E-state index >= 15 is 0 Å². The number of carboxylic acid groups (broad SMARTS) is 1. The Labute approximate surface area is 144 Å². The smallest absolute Gasteiger partial charge is 0.416 e. The summed E-state index contributed by atoms with van der Waals surface area (Å²) in [6.45, 7) is 0.568. The number of hydrogen-bond acceptors (Lipinski definition) is 3. The monoisotopic (exact) mass is 360 g/mol. The third-order valence-corrected chi connectivity index (χ3v) is 5.80. The second-order valence-electron chi connectivity index (χ2n) is 7.34. The number of fused-ring (bicyclic) bond motifs is 3. The molecule has 1 saturated carbocycles. The molecular formula is C18H23F3O4. The maximum Gasteiger partial charge on any atom is 0.416 e. The zero-order chi connectivity index (χ0) is 18.1. The van der Waals surface area contributed by atoms with Gasteiger partial charge in [-0.3, -0.25) is 0 Å². The molecule has 3 fully saturated rings. The number of carbonyl (C=O) groups is 1. The van der Waals surface area contributed by atoms with E-state index in [2.05, 4.69) is 0 Å². The molecule has 1 N–H and O–H groups in total. The Hall–Kier alpha value is -1.34. The van der Waals surface area contributed by atoms with E-state index < -0.39 is 23.3 Å². The van der Waals surface area contributed by atoms with E-state index in [-0.39, 0.29) is 12.0 Å². The first-order valence-electron chi connectivity index (χ1n) is 8.67. The van der Waals surface area contributed by atoms with E-state index in [1.54, 1.807) is 0 Å². The minimum absolute atomic E-state index is 0.0296. The molecule has 4 rings (SSSR count). The average Bonchev–Trinajstić information content (AvgIpc) is 2.60. The van der Waals surface area contributed by atoms with Gasteiger partial charge in [-0.25, -0.2) is 4.79 Å². The molecule has 4 nitrogen and oxygen atoms in total. The average molecular weight is 360 g/mol. The van der Waals surface area contributed by atoms with Gasteiger partial charge in [0.05, 0.1) is 17.8 Å². The summed E-state index contributed by atoms with van der Waals surface area (Å²) in [5.41, 5.74) is -0.360. The summed E-state index contributed by atoms with van der Waals surface area (Å²) >= 11 is 0. The third kappa shape index (κ3) is 3.92. The maximum atomic E-state index is 13.0. The molecule has 0 aromatic heterocycles. The standard InChI is InChI=1S/C18H23F3O4/c19-18(20,21)14-3-1-2-13(10-14)17-6-4-16(5-7-17,12-25-17)8-9-24-11-15(22)23/h3,10H,1-2,4-9,11-12H2,(H,22,23). The fourth-order valence-electron chi connectivity index (χ4n) is 4.21. The summed E-state index contributed by atoms with van der Waals surface area (Å²) in [5.74, 6) is -0.988. The van der Waals surface area contributed by atoms with E-state index in [4.69, 9.17) is 14.6 Å². The summed E-state index contributed by atoms with van der Waals surface area (Å²) in [4.78, 5) is 10.5. The van der Waals surface area contributed by atoms with Crippen LogP contribution in [-0.2, 0) is 14.3 Å². The second kappa shape index (κ2) is 6.76. The first-order valence-corrected chi connectivity index (χ1v) is 8.67. The molecule has 2 aliphatic carbocycles. The zero-order valence-electron chi connectivity index (χ0n) is 14.0. The first kappa shape index (κ1) is 18.5. The summed E-state index contributed by atoms with van der Waals surface area (Å²) < 4.78 is 50.3. The number of halogens is 3. The first-order chi connectivity index (χ1) is 11.7. The number of allylic oxidation sites excluding steroid dienone is 3. The second-order valence-corrected chi connectivity index (χ2v) is 7.34. The van der Waals surface area contributed by atoms with Gasteiger partial charge in [0, 0.05) is 6.61 Å². The number of ether oxygens (including phenoxy) is 2. The van der Waals surface area contributed by atoms with Gasteiger partial charge in [-0.1, -0.05) is 6.08 Å². The quantitative estimate of drug-likeness (QED) is 0.727. The molecule has 0 aromatic rings. The van der Waals surface area contributed by atoms with E-state index in [0.29, 0.717) is 26.1 Å². The van der Waals surface area contributed by atoms with Crippen molar-refractivity contribution in [3.05, 3.63) is 23.3 Å². The van der Waals surface area contributed by atoms with E-state index in [1.165, 1.54) is 12.2 Å². The van der Waals surface area contributed by atoms with Gasteiger partial charge in [0.25, 0.3) is 0 Å². The van der Waals surface area contributed by atoms with Crippen LogP contribution in [0.15, 0.2) is 23.3 Å². The fraction of sp³-hybridized carbons (Fsp3) is 0.722. The Balaban J connectivity index is 1.62. The molecule has 0 spiro atoms. The molecule has 0 unspecified atom stereocenters. The minimum atomic E-state index is -4.31. The summed E-state index contributed by atoms with van der Waals surface area (Å²) in [7, 11) is 0. The van der Waals surface area contributed by atoms with Crippen molar-refractivity contribution in [2.24, 2.45) is 5.41 Å². The van der Waals surface area contributed by atoms with Crippen LogP contribution in [0.2, 0.25) is 0 Å². The minimum Gasteiger partial charge on any atom is -0.480 e. The van der Waals surface area contributed by atoms with Crippen molar-refractivity contribution in [1.82, 2.24) is 0 Å². The molecule has 140 valence electrons. The van der Waals surface area contributed by atoms with Gasteiger partial charge in [0.2, 0.25) is 0 Å². The molecule has 2 heterocycles. The van der Waals surface area contributed by atoms with Gasteiger partial charge < -0.3 is 14.6 Å². The van der Waals surface area contributed by atoms with Crippen molar-refractivity contribution in [2.75, 3.05) is 19.8 Å². The Kier molecular flexibility index (Phi) is 4.99. The number of alkyl halides is 3. The third-order valence-electron chi connectivity index (χ3n) is 5.80. The topological polar surface area (TPSA) is 55.8 Å². The zero-order valence-corrected chi connectivity index (χ0v) is 14.0. The van der Waals surface area contributed by atoms with Crippen LogP contribution < -0.4 is 0 Å². The van der Waals surface area contributed by atoms with Crippen molar-refractivity contribution in [2.45, 2.75) is 56.7 Å². The lowest BCUT2D eigenvalue weighted by Gasteiger charge is -2.54. The lowest BCUT2D eigenvalue weighted by molar-refractivity contribution is -0.172. The van der Waals surface area contributed by atoms with Crippen molar-refractivity contribution in [1.29, 1.82) is 0 Å². The molecule has 2 bridgehead atoms. The van der Waals surface area contributed by atoms with Crippen LogP contribution in [0.1, 0.15) is 44.9 Å². The van der Waals surface area contributed by atoms with Crippen LogP contribution in [-0.4, -0.2) is 42.7 Å². The molecule has 25 heavy (non-hydrogen) atoms.